The van der Waals surface area contributed by atoms with Gasteiger partial charge in [-0.1, -0.05) is 6.07 Å². The Balaban J connectivity index is 2.39. The van der Waals surface area contributed by atoms with Crippen molar-refractivity contribution in [2.45, 2.75) is 19.3 Å². The average Bonchev–Trinajstić information content (AvgIpc) is 2.45. The van der Waals surface area contributed by atoms with Crippen molar-refractivity contribution in [2.75, 3.05) is 20.3 Å². The van der Waals surface area contributed by atoms with Gasteiger partial charge in [-0.25, -0.2) is 4.39 Å². The summed E-state index contributed by atoms with van der Waals surface area (Å²) in [5.41, 5.74) is 0.596. The molecule has 0 heterocycles. The third kappa shape index (κ3) is 5.84. The largest absolute Gasteiger partial charge is 0.494 e. The Morgan fingerprint density at radius 2 is 2.20 bits per heavy atom. The van der Waals surface area contributed by atoms with Gasteiger partial charge in [0.1, 0.15) is 0 Å². The Hall–Kier alpha value is -1.88. The van der Waals surface area contributed by atoms with Gasteiger partial charge in [0.05, 0.1) is 7.11 Å². The van der Waals surface area contributed by atoms with Crippen LogP contribution >= 0.6 is 0 Å². The molecule has 0 aliphatic rings. The summed E-state index contributed by atoms with van der Waals surface area (Å²) in [7, 11) is 1.40. The Kier molecular flexibility index (Phi) is 7.35. The highest BCUT2D eigenvalue weighted by Crippen LogP contribution is 2.18. The fourth-order valence-electron chi connectivity index (χ4n) is 1.64. The predicted octanol–water partition coefficient (Wildman–Crippen LogP) is 2.13. The number of carbonyl (C=O) groups excluding carboxylic acids is 1. The minimum absolute atomic E-state index is 0.176. The van der Waals surface area contributed by atoms with Gasteiger partial charge in [-0.15, -0.1) is 0 Å². The van der Waals surface area contributed by atoms with Gasteiger partial charge in [0.25, 0.3) is 0 Å². The van der Waals surface area contributed by atoms with Gasteiger partial charge >= 0.3 is 0 Å². The zero-order valence-electron chi connectivity index (χ0n) is 11.6. The van der Waals surface area contributed by atoms with Crippen LogP contribution in [-0.2, 0) is 4.79 Å². The van der Waals surface area contributed by atoms with Gasteiger partial charge in [0.2, 0.25) is 5.91 Å². The van der Waals surface area contributed by atoms with E-state index in [1.54, 1.807) is 12.1 Å². The number of carbonyl (C=O) groups is 1. The highest BCUT2D eigenvalue weighted by Gasteiger charge is 2.01. The lowest BCUT2D eigenvalue weighted by molar-refractivity contribution is -0.116. The number of ether oxygens (including phenoxy) is 1. The second-order valence-corrected chi connectivity index (χ2v) is 4.30. The molecule has 1 aromatic rings. The number of hydrogen-bond acceptors (Lipinski definition) is 3. The van der Waals surface area contributed by atoms with Crippen molar-refractivity contribution in [3.63, 3.8) is 0 Å². The first-order valence-electron chi connectivity index (χ1n) is 6.57. The summed E-state index contributed by atoms with van der Waals surface area (Å²) in [6.45, 7) is 0.747. The van der Waals surface area contributed by atoms with Gasteiger partial charge in [-0.3, -0.25) is 4.79 Å². The van der Waals surface area contributed by atoms with Crippen molar-refractivity contribution >= 4 is 12.0 Å². The summed E-state index contributed by atoms with van der Waals surface area (Å²) in [5.74, 6) is -0.500. The molecule has 2 N–H and O–H groups in total. The zero-order valence-corrected chi connectivity index (χ0v) is 11.6. The van der Waals surface area contributed by atoms with Crippen LogP contribution in [-0.4, -0.2) is 31.3 Å². The number of unbranched alkanes of at least 4 members (excludes halogenated alkanes) is 2. The molecule has 1 amide bonds. The second kappa shape index (κ2) is 9.09. The SMILES string of the molecule is COc1ccc(/C=C/C(=O)NCCCCCO)cc1F. The lowest BCUT2D eigenvalue weighted by Crippen LogP contribution is -2.22. The predicted molar refractivity (Wildman–Crippen MR) is 75.9 cm³/mol. The summed E-state index contributed by atoms with van der Waals surface area (Å²) in [6, 6.07) is 4.50. The first-order valence-corrected chi connectivity index (χ1v) is 6.57. The van der Waals surface area contributed by atoms with E-state index in [0.29, 0.717) is 12.1 Å². The molecule has 1 aromatic carbocycles. The van der Waals surface area contributed by atoms with Gasteiger partial charge < -0.3 is 15.2 Å². The van der Waals surface area contributed by atoms with Crippen molar-refractivity contribution < 1.29 is 19.0 Å². The summed E-state index contributed by atoms with van der Waals surface area (Å²) in [5, 5.41) is 11.3. The molecule has 1 rings (SSSR count). The standard InChI is InChI=1S/C15H20FNO3/c1-20-14-7-5-12(11-13(14)16)6-8-15(19)17-9-3-2-4-10-18/h5-8,11,18H,2-4,9-10H2,1H3,(H,17,19)/b8-6+. The highest BCUT2D eigenvalue weighted by atomic mass is 19.1. The molecule has 0 aliphatic carbocycles. The molecular weight excluding hydrogens is 261 g/mol. The number of amides is 1. The van der Waals surface area contributed by atoms with Gasteiger partial charge in [0, 0.05) is 19.2 Å². The Bertz CT molecular complexity index is 460. The van der Waals surface area contributed by atoms with E-state index in [-0.39, 0.29) is 18.3 Å². The van der Waals surface area contributed by atoms with E-state index in [1.165, 1.54) is 25.3 Å². The lowest BCUT2D eigenvalue weighted by Gasteiger charge is -2.03. The molecule has 5 heteroatoms. The summed E-state index contributed by atoms with van der Waals surface area (Å²) in [4.78, 5) is 11.5. The molecule has 110 valence electrons. The summed E-state index contributed by atoms with van der Waals surface area (Å²) >= 11 is 0. The van der Waals surface area contributed by atoms with Gasteiger partial charge in [-0.2, -0.15) is 0 Å². The zero-order chi connectivity index (χ0) is 14.8. The van der Waals surface area contributed by atoms with Crippen LogP contribution in [0.15, 0.2) is 24.3 Å². The smallest absolute Gasteiger partial charge is 0.243 e. The molecule has 0 fully saturated rings. The van der Waals surface area contributed by atoms with E-state index in [4.69, 9.17) is 9.84 Å². The number of rotatable bonds is 8. The van der Waals surface area contributed by atoms with Crippen molar-refractivity contribution in [2.24, 2.45) is 0 Å². The number of hydrogen-bond donors (Lipinski definition) is 2. The fourth-order valence-corrected chi connectivity index (χ4v) is 1.64. The monoisotopic (exact) mass is 281 g/mol. The van der Waals surface area contributed by atoms with Crippen molar-refractivity contribution in [1.29, 1.82) is 0 Å². The number of aliphatic hydroxyl groups excluding tert-OH is 1. The number of nitrogens with one attached hydrogen (secondary N) is 1. The van der Waals surface area contributed by atoms with Crippen molar-refractivity contribution in [3.05, 3.63) is 35.7 Å². The van der Waals surface area contributed by atoms with E-state index in [0.717, 1.165) is 19.3 Å². The molecular formula is C15H20FNO3. The van der Waals surface area contributed by atoms with Crippen molar-refractivity contribution in [1.82, 2.24) is 5.32 Å². The summed E-state index contributed by atoms with van der Waals surface area (Å²) in [6.07, 6.45) is 5.37. The average molecular weight is 281 g/mol. The number of methoxy groups -OCH3 is 1. The third-order valence-corrected chi connectivity index (χ3v) is 2.74. The number of halogens is 1. The lowest BCUT2D eigenvalue weighted by atomic mass is 10.2. The quantitative estimate of drug-likeness (QED) is 0.567. The van der Waals surface area contributed by atoms with Crippen LogP contribution in [0.1, 0.15) is 24.8 Å². The van der Waals surface area contributed by atoms with Crippen LogP contribution in [0.5, 0.6) is 5.75 Å². The molecule has 0 spiro atoms. The molecule has 0 aliphatic heterocycles. The minimum Gasteiger partial charge on any atom is -0.494 e. The molecule has 0 radical (unpaired) electrons. The molecule has 0 bridgehead atoms. The normalized spacial score (nSPS) is 10.8. The molecule has 0 saturated carbocycles. The van der Waals surface area contributed by atoms with Gasteiger partial charge in [0.15, 0.2) is 11.6 Å². The Morgan fingerprint density at radius 1 is 1.40 bits per heavy atom. The van der Waals surface area contributed by atoms with E-state index in [9.17, 15) is 9.18 Å². The topological polar surface area (TPSA) is 58.6 Å². The minimum atomic E-state index is -0.459. The summed E-state index contributed by atoms with van der Waals surface area (Å²) < 4.78 is 18.2. The maximum absolute atomic E-state index is 13.4. The number of benzene rings is 1. The molecule has 0 unspecified atom stereocenters. The third-order valence-electron chi connectivity index (χ3n) is 2.74. The fraction of sp³-hybridized carbons (Fsp3) is 0.400. The van der Waals surface area contributed by atoms with Crippen LogP contribution in [0.2, 0.25) is 0 Å². The van der Waals surface area contributed by atoms with E-state index < -0.39 is 5.82 Å². The molecule has 20 heavy (non-hydrogen) atoms. The molecule has 0 saturated heterocycles. The molecule has 0 atom stereocenters. The number of aliphatic hydroxyl groups is 1. The second-order valence-electron chi connectivity index (χ2n) is 4.30. The van der Waals surface area contributed by atoms with E-state index in [2.05, 4.69) is 5.32 Å². The van der Waals surface area contributed by atoms with Gasteiger partial charge in [-0.05, 0) is 43.0 Å². The first kappa shape index (κ1) is 16.2. The van der Waals surface area contributed by atoms with Crippen LogP contribution in [0.25, 0.3) is 6.08 Å². The van der Waals surface area contributed by atoms with E-state index >= 15 is 0 Å². The maximum atomic E-state index is 13.4. The van der Waals surface area contributed by atoms with Crippen LogP contribution in [0.4, 0.5) is 4.39 Å². The molecule has 0 aromatic heterocycles. The Labute approximate surface area is 118 Å². The Morgan fingerprint density at radius 3 is 2.85 bits per heavy atom. The van der Waals surface area contributed by atoms with Crippen LogP contribution in [0, 0.1) is 5.82 Å². The molecule has 4 nitrogen and oxygen atoms in total. The van der Waals surface area contributed by atoms with E-state index in [1.807, 2.05) is 0 Å². The van der Waals surface area contributed by atoms with Crippen molar-refractivity contribution in [3.8, 4) is 5.75 Å². The first-order chi connectivity index (χ1) is 9.67. The van der Waals surface area contributed by atoms with Crippen LogP contribution in [0.3, 0.4) is 0 Å². The van der Waals surface area contributed by atoms with Crippen LogP contribution < -0.4 is 10.1 Å². The highest BCUT2D eigenvalue weighted by molar-refractivity contribution is 5.91. The maximum Gasteiger partial charge on any atom is 0.243 e.